The van der Waals surface area contributed by atoms with E-state index in [2.05, 4.69) is 5.16 Å². The largest absolute Gasteiger partial charge is 0.492 e. The molecule has 1 fully saturated rings. The van der Waals surface area contributed by atoms with Crippen LogP contribution in [0.3, 0.4) is 0 Å². The Morgan fingerprint density at radius 2 is 1.84 bits per heavy atom. The molecule has 1 aliphatic heterocycles. The second-order valence-electron chi connectivity index (χ2n) is 8.48. The maximum atomic E-state index is 13.3. The molecule has 0 radical (unpaired) electrons. The zero-order valence-corrected chi connectivity index (χ0v) is 20.4. The van der Waals surface area contributed by atoms with Crippen molar-refractivity contribution in [1.82, 2.24) is 10.1 Å². The van der Waals surface area contributed by atoms with E-state index in [0.717, 1.165) is 0 Å². The van der Waals surface area contributed by atoms with Crippen molar-refractivity contribution in [1.29, 1.82) is 0 Å². The van der Waals surface area contributed by atoms with Crippen LogP contribution < -0.4 is 9.64 Å². The Morgan fingerprint density at radius 1 is 1.11 bits per heavy atom. The molecular formula is C26H25F4N3O5. The van der Waals surface area contributed by atoms with Gasteiger partial charge in [-0.25, -0.2) is 9.18 Å². The first-order chi connectivity index (χ1) is 18.2. The lowest BCUT2D eigenvalue weighted by Gasteiger charge is -2.42. The van der Waals surface area contributed by atoms with Gasteiger partial charge in [-0.2, -0.15) is 13.2 Å². The highest BCUT2D eigenvalue weighted by Crippen LogP contribution is 2.33. The van der Waals surface area contributed by atoms with Gasteiger partial charge in [0.2, 0.25) is 5.91 Å². The molecular weight excluding hydrogens is 510 g/mol. The van der Waals surface area contributed by atoms with Crippen molar-refractivity contribution >= 4 is 17.6 Å². The number of carbonyl (C=O) groups is 2. The lowest BCUT2D eigenvalue weighted by atomic mass is 10.0. The standard InChI is InChI=1S/C26H25F4N3O5/c1-2-36-21-6-4-3-5-20(21)33-14-13-32(16-23(33)37-25(35)26(28,29)30)22(34)12-9-18-15-31-38-24(18)17-7-10-19(27)11-8-17/h3-8,10-11,15,23H,2,9,12-14,16H2,1H3. The Labute approximate surface area is 215 Å². The number of anilines is 1. The third kappa shape index (κ3) is 6.24. The molecule has 2 heterocycles. The average Bonchev–Trinajstić information content (AvgIpc) is 3.36. The molecule has 0 spiro atoms. The topological polar surface area (TPSA) is 85.1 Å². The molecule has 202 valence electrons. The number of ether oxygens (including phenoxy) is 2. The molecule has 2 aromatic carbocycles. The molecule has 3 aromatic rings. The number of carbonyl (C=O) groups excluding carboxylic acids is 2. The summed E-state index contributed by atoms with van der Waals surface area (Å²) in [5.74, 6) is -2.28. The fourth-order valence-corrected chi connectivity index (χ4v) is 4.19. The lowest BCUT2D eigenvalue weighted by molar-refractivity contribution is -0.206. The Balaban J connectivity index is 1.48. The van der Waals surface area contributed by atoms with Crippen molar-refractivity contribution in [3.8, 4) is 17.1 Å². The van der Waals surface area contributed by atoms with E-state index in [1.165, 1.54) is 40.3 Å². The average molecular weight is 535 g/mol. The second-order valence-corrected chi connectivity index (χ2v) is 8.48. The molecule has 0 N–H and O–H groups in total. The van der Waals surface area contributed by atoms with Gasteiger partial charge >= 0.3 is 12.1 Å². The number of rotatable bonds is 8. The minimum atomic E-state index is -5.19. The van der Waals surface area contributed by atoms with Gasteiger partial charge < -0.3 is 23.8 Å². The SMILES string of the molecule is CCOc1ccccc1N1CCN(C(=O)CCc2cnoc2-c2ccc(F)cc2)CC1OC(=O)C(F)(F)F. The van der Waals surface area contributed by atoms with Gasteiger partial charge in [-0.05, 0) is 49.7 Å². The van der Waals surface area contributed by atoms with Crippen LogP contribution in [0.4, 0.5) is 23.2 Å². The van der Waals surface area contributed by atoms with Crippen LogP contribution in [0.25, 0.3) is 11.3 Å². The van der Waals surface area contributed by atoms with Crippen molar-refractivity contribution in [3.05, 3.63) is 66.1 Å². The summed E-state index contributed by atoms with van der Waals surface area (Å²) < 4.78 is 68.1. The Morgan fingerprint density at radius 3 is 2.55 bits per heavy atom. The summed E-state index contributed by atoms with van der Waals surface area (Å²) in [5, 5.41) is 3.77. The van der Waals surface area contributed by atoms with Crippen LogP contribution in [0, 0.1) is 5.82 Å². The predicted molar refractivity (Wildman–Crippen MR) is 128 cm³/mol. The number of piperazine rings is 1. The molecule has 0 bridgehead atoms. The molecule has 0 saturated carbocycles. The van der Waals surface area contributed by atoms with E-state index in [-0.39, 0.29) is 38.4 Å². The van der Waals surface area contributed by atoms with Gasteiger partial charge in [0.1, 0.15) is 11.6 Å². The van der Waals surface area contributed by atoms with Crippen LogP contribution in [-0.4, -0.2) is 60.6 Å². The van der Waals surface area contributed by atoms with E-state index < -0.39 is 24.2 Å². The quantitative estimate of drug-likeness (QED) is 0.308. The number of aromatic nitrogens is 1. The van der Waals surface area contributed by atoms with Gasteiger partial charge in [0.15, 0.2) is 12.0 Å². The van der Waals surface area contributed by atoms with Crippen molar-refractivity contribution in [2.24, 2.45) is 0 Å². The zero-order chi connectivity index (χ0) is 27.3. The maximum absolute atomic E-state index is 13.3. The number of para-hydroxylation sites is 2. The third-order valence-electron chi connectivity index (χ3n) is 6.00. The van der Waals surface area contributed by atoms with Crippen LogP contribution >= 0.6 is 0 Å². The van der Waals surface area contributed by atoms with Crippen molar-refractivity contribution < 1.29 is 41.1 Å². The number of amides is 1. The minimum Gasteiger partial charge on any atom is -0.492 e. The number of benzene rings is 2. The van der Waals surface area contributed by atoms with Crippen LogP contribution in [0.2, 0.25) is 0 Å². The highest BCUT2D eigenvalue weighted by molar-refractivity contribution is 5.78. The van der Waals surface area contributed by atoms with Crippen molar-refractivity contribution in [3.63, 3.8) is 0 Å². The maximum Gasteiger partial charge on any atom is 0.491 e. The number of esters is 1. The van der Waals surface area contributed by atoms with E-state index in [9.17, 15) is 27.2 Å². The fourth-order valence-electron chi connectivity index (χ4n) is 4.19. The van der Waals surface area contributed by atoms with Crippen LogP contribution in [0.5, 0.6) is 5.75 Å². The molecule has 1 atom stereocenters. The Kier molecular flexibility index (Phi) is 8.18. The Bertz CT molecular complexity index is 1260. The molecule has 4 rings (SSSR count). The predicted octanol–water partition coefficient (Wildman–Crippen LogP) is 4.59. The number of aryl methyl sites for hydroxylation is 1. The van der Waals surface area contributed by atoms with Gasteiger partial charge in [0.25, 0.3) is 0 Å². The fraction of sp³-hybridized carbons (Fsp3) is 0.346. The van der Waals surface area contributed by atoms with Crippen LogP contribution in [0.15, 0.2) is 59.3 Å². The van der Waals surface area contributed by atoms with Gasteiger partial charge in [0, 0.05) is 30.6 Å². The molecule has 38 heavy (non-hydrogen) atoms. The monoisotopic (exact) mass is 535 g/mol. The molecule has 8 nitrogen and oxygen atoms in total. The first-order valence-corrected chi connectivity index (χ1v) is 11.9. The summed E-state index contributed by atoms with van der Waals surface area (Å²) in [6, 6.07) is 12.3. The minimum absolute atomic E-state index is 0.00484. The second kappa shape index (κ2) is 11.5. The van der Waals surface area contributed by atoms with Crippen molar-refractivity contribution in [2.45, 2.75) is 32.2 Å². The highest BCUT2D eigenvalue weighted by Gasteiger charge is 2.44. The number of hydrogen-bond acceptors (Lipinski definition) is 7. The van der Waals surface area contributed by atoms with Gasteiger partial charge in [0.05, 0.1) is 25.0 Å². The van der Waals surface area contributed by atoms with Crippen LogP contribution in [-0.2, 0) is 20.7 Å². The van der Waals surface area contributed by atoms with E-state index in [0.29, 0.717) is 34.9 Å². The van der Waals surface area contributed by atoms with Gasteiger partial charge in [-0.1, -0.05) is 17.3 Å². The first kappa shape index (κ1) is 27.0. The Hall–Kier alpha value is -4.09. The lowest BCUT2D eigenvalue weighted by Crippen LogP contribution is -2.57. The molecule has 1 unspecified atom stereocenters. The number of nitrogens with zero attached hydrogens (tertiary/aromatic N) is 3. The number of alkyl halides is 3. The summed E-state index contributed by atoms with van der Waals surface area (Å²) >= 11 is 0. The molecule has 1 aliphatic rings. The summed E-state index contributed by atoms with van der Waals surface area (Å²) in [4.78, 5) is 27.6. The van der Waals surface area contributed by atoms with E-state index in [4.69, 9.17) is 14.0 Å². The van der Waals surface area contributed by atoms with Crippen LogP contribution in [0.1, 0.15) is 18.9 Å². The van der Waals surface area contributed by atoms with Gasteiger partial charge in [-0.15, -0.1) is 0 Å². The van der Waals surface area contributed by atoms with Gasteiger partial charge in [-0.3, -0.25) is 4.79 Å². The first-order valence-electron chi connectivity index (χ1n) is 11.9. The smallest absolute Gasteiger partial charge is 0.491 e. The van der Waals surface area contributed by atoms with E-state index >= 15 is 0 Å². The molecule has 1 saturated heterocycles. The number of hydrogen-bond donors (Lipinski definition) is 0. The zero-order valence-electron chi connectivity index (χ0n) is 20.4. The third-order valence-corrected chi connectivity index (χ3v) is 6.00. The molecule has 1 amide bonds. The summed E-state index contributed by atoms with van der Waals surface area (Å²) in [5.41, 5.74) is 1.66. The normalized spacial score (nSPS) is 15.9. The van der Waals surface area contributed by atoms with E-state index in [1.54, 1.807) is 31.2 Å². The van der Waals surface area contributed by atoms with E-state index in [1.807, 2.05) is 0 Å². The molecule has 12 heteroatoms. The molecule has 0 aliphatic carbocycles. The highest BCUT2D eigenvalue weighted by atomic mass is 19.4. The van der Waals surface area contributed by atoms with Crippen molar-refractivity contribution in [2.75, 3.05) is 31.1 Å². The number of halogens is 4. The summed E-state index contributed by atoms with van der Waals surface area (Å²) in [7, 11) is 0. The summed E-state index contributed by atoms with van der Waals surface area (Å²) in [6.45, 7) is 2.12. The molecule has 1 aromatic heterocycles. The summed E-state index contributed by atoms with van der Waals surface area (Å²) in [6.07, 6.45) is -4.88.